The van der Waals surface area contributed by atoms with Crippen LogP contribution in [0.5, 0.6) is 0 Å². The molecule has 0 radical (unpaired) electrons. The van der Waals surface area contributed by atoms with Gasteiger partial charge in [0.25, 0.3) is 0 Å². The van der Waals surface area contributed by atoms with Gasteiger partial charge in [-0.1, -0.05) is 31.4 Å². The van der Waals surface area contributed by atoms with E-state index in [9.17, 15) is 9.59 Å². The monoisotopic (exact) mass is 290 g/mol. The lowest BCUT2D eigenvalue weighted by Crippen LogP contribution is -2.40. The molecule has 2 amide bonds. The number of nitrogens with zero attached hydrogens (tertiary/aromatic N) is 1. The third-order valence-electron chi connectivity index (χ3n) is 4.00. The van der Waals surface area contributed by atoms with Crippen LogP contribution >= 0.6 is 0 Å². The number of aliphatic carboxylic acids is 1. The first-order valence-electron chi connectivity index (χ1n) is 7.41. The number of hydrogen-bond acceptors (Lipinski definition) is 2. The highest BCUT2D eigenvalue weighted by atomic mass is 16.4. The Morgan fingerprint density at radius 1 is 1.19 bits per heavy atom. The van der Waals surface area contributed by atoms with Gasteiger partial charge >= 0.3 is 12.0 Å². The molecule has 5 nitrogen and oxygen atoms in total. The van der Waals surface area contributed by atoms with Crippen LogP contribution in [-0.4, -0.2) is 35.1 Å². The highest BCUT2D eigenvalue weighted by Crippen LogP contribution is 2.22. The summed E-state index contributed by atoms with van der Waals surface area (Å²) in [5, 5.41) is 11.6. The van der Waals surface area contributed by atoms with Crippen molar-refractivity contribution in [3.05, 3.63) is 29.8 Å². The number of carboxylic acid groups (broad SMARTS) is 1. The summed E-state index contributed by atoms with van der Waals surface area (Å²) in [7, 11) is 1.84. The van der Waals surface area contributed by atoms with Crippen LogP contribution in [0.1, 0.15) is 37.7 Å². The molecule has 5 heteroatoms. The van der Waals surface area contributed by atoms with Crippen LogP contribution in [0.15, 0.2) is 24.3 Å². The fourth-order valence-electron chi connectivity index (χ4n) is 2.73. The van der Waals surface area contributed by atoms with E-state index in [1.807, 2.05) is 7.05 Å². The Labute approximate surface area is 125 Å². The van der Waals surface area contributed by atoms with E-state index in [0.29, 0.717) is 11.7 Å². The molecule has 2 rings (SSSR count). The molecule has 0 unspecified atom stereocenters. The van der Waals surface area contributed by atoms with Crippen molar-refractivity contribution in [3.63, 3.8) is 0 Å². The number of hydrogen-bond donors (Lipinski definition) is 2. The molecule has 0 heterocycles. The van der Waals surface area contributed by atoms with E-state index < -0.39 is 5.97 Å². The molecular weight excluding hydrogens is 268 g/mol. The van der Waals surface area contributed by atoms with Gasteiger partial charge in [0.1, 0.15) is 0 Å². The van der Waals surface area contributed by atoms with Gasteiger partial charge in [-0.3, -0.25) is 4.79 Å². The first-order valence-corrected chi connectivity index (χ1v) is 7.41. The average molecular weight is 290 g/mol. The highest BCUT2D eigenvalue weighted by molar-refractivity contribution is 5.89. The molecule has 1 aliphatic carbocycles. The first kappa shape index (κ1) is 15.4. The minimum absolute atomic E-state index is 0.00377. The summed E-state index contributed by atoms with van der Waals surface area (Å²) in [4.78, 5) is 24.6. The third-order valence-corrected chi connectivity index (χ3v) is 4.00. The molecular formula is C16H22N2O3. The Morgan fingerprint density at radius 2 is 1.81 bits per heavy atom. The second-order valence-electron chi connectivity index (χ2n) is 5.60. The number of carbonyl (C=O) groups excluding carboxylic acids is 1. The molecule has 0 bridgehead atoms. The van der Waals surface area contributed by atoms with Gasteiger partial charge in [-0.2, -0.15) is 0 Å². The average Bonchev–Trinajstić information content (AvgIpc) is 2.49. The topological polar surface area (TPSA) is 69.6 Å². The minimum atomic E-state index is -0.858. The van der Waals surface area contributed by atoms with Crippen molar-refractivity contribution in [3.8, 4) is 0 Å². The summed E-state index contributed by atoms with van der Waals surface area (Å²) in [6, 6.07) is 7.16. The van der Waals surface area contributed by atoms with Crippen LogP contribution in [0, 0.1) is 0 Å². The molecule has 0 aromatic heterocycles. The predicted molar refractivity (Wildman–Crippen MR) is 81.4 cm³/mol. The Hall–Kier alpha value is -2.04. The van der Waals surface area contributed by atoms with Crippen LogP contribution in [-0.2, 0) is 11.2 Å². The van der Waals surface area contributed by atoms with Crippen LogP contribution in [0.25, 0.3) is 0 Å². The maximum atomic E-state index is 12.2. The largest absolute Gasteiger partial charge is 0.481 e. The second-order valence-corrected chi connectivity index (χ2v) is 5.60. The summed E-state index contributed by atoms with van der Waals surface area (Å²) in [5.41, 5.74) is 1.41. The maximum Gasteiger partial charge on any atom is 0.321 e. The summed E-state index contributed by atoms with van der Waals surface area (Å²) in [6.07, 6.45) is 5.77. The van der Waals surface area contributed by atoms with Crippen molar-refractivity contribution >= 4 is 17.7 Å². The number of benzene rings is 1. The molecule has 1 aromatic rings. The third kappa shape index (κ3) is 4.48. The smallest absolute Gasteiger partial charge is 0.321 e. The van der Waals surface area contributed by atoms with Gasteiger partial charge in [0.15, 0.2) is 0 Å². The summed E-state index contributed by atoms with van der Waals surface area (Å²) in [6.45, 7) is 0. The number of urea groups is 1. The lowest BCUT2D eigenvalue weighted by molar-refractivity contribution is -0.136. The lowest BCUT2D eigenvalue weighted by atomic mass is 9.95. The standard InChI is InChI=1S/C16H22N2O3/c1-18(14-5-3-2-4-6-14)16(21)17-13-9-7-12(8-10-13)11-15(19)20/h7-10,14H,2-6,11H2,1H3,(H,17,21)(H,19,20). The second kappa shape index (κ2) is 7.11. The van der Waals surface area contributed by atoms with Gasteiger partial charge in [0.05, 0.1) is 6.42 Å². The van der Waals surface area contributed by atoms with Gasteiger partial charge in [-0.15, -0.1) is 0 Å². The van der Waals surface area contributed by atoms with Crippen LogP contribution in [0.4, 0.5) is 10.5 Å². The molecule has 1 saturated carbocycles. The van der Waals surface area contributed by atoms with Crippen LogP contribution in [0.3, 0.4) is 0 Å². The zero-order valence-corrected chi connectivity index (χ0v) is 12.3. The molecule has 0 atom stereocenters. The molecule has 0 aliphatic heterocycles. The zero-order valence-electron chi connectivity index (χ0n) is 12.3. The molecule has 0 spiro atoms. The Morgan fingerprint density at radius 3 is 2.38 bits per heavy atom. The van der Waals surface area contributed by atoms with E-state index >= 15 is 0 Å². The number of anilines is 1. The normalized spacial score (nSPS) is 15.5. The molecule has 21 heavy (non-hydrogen) atoms. The van der Waals surface area contributed by atoms with Crippen molar-refractivity contribution in [1.29, 1.82) is 0 Å². The van der Waals surface area contributed by atoms with Crippen molar-refractivity contribution in [1.82, 2.24) is 4.90 Å². The maximum absolute atomic E-state index is 12.2. The fourth-order valence-corrected chi connectivity index (χ4v) is 2.73. The molecule has 2 N–H and O–H groups in total. The quantitative estimate of drug-likeness (QED) is 0.895. The Kier molecular flexibility index (Phi) is 5.20. The lowest BCUT2D eigenvalue weighted by Gasteiger charge is -2.31. The molecule has 1 fully saturated rings. The van der Waals surface area contributed by atoms with Crippen molar-refractivity contribution in [2.45, 2.75) is 44.6 Å². The van der Waals surface area contributed by atoms with E-state index in [1.54, 1.807) is 29.2 Å². The highest BCUT2D eigenvalue weighted by Gasteiger charge is 2.21. The minimum Gasteiger partial charge on any atom is -0.481 e. The van der Waals surface area contributed by atoms with E-state index in [4.69, 9.17) is 5.11 Å². The van der Waals surface area contributed by atoms with Gasteiger partial charge in [0.2, 0.25) is 0 Å². The summed E-state index contributed by atoms with van der Waals surface area (Å²) >= 11 is 0. The molecule has 1 aliphatic rings. The molecule has 114 valence electrons. The van der Waals surface area contributed by atoms with Gasteiger partial charge in [-0.05, 0) is 30.5 Å². The van der Waals surface area contributed by atoms with Gasteiger partial charge in [-0.25, -0.2) is 4.79 Å². The SMILES string of the molecule is CN(C(=O)Nc1ccc(CC(=O)O)cc1)C1CCCCC1. The van der Waals surface area contributed by atoms with E-state index in [0.717, 1.165) is 18.4 Å². The van der Waals surface area contributed by atoms with Gasteiger partial charge in [0, 0.05) is 18.8 Å². The van der Waals surface area contributed by atoms with Gasteiger partial charge < -0.3 is 15.3 Å². The van der Waals surface area contributed by atoms with Crippen molar-refractivity contribution in [2.75, 3.05) is 12.4 Å². The Balaban J connectivity index is 1.90. The van der Waals surface area contributed by atoms with Crippen molar-refractivity contribution in [2.24, 2.45) is 0 Å². The number of rotatable bonds is 4. The van der Waals surface area contributed by atoms with Crippen molar-refractivity contribution < 1.29 is 14.7 Å². The predicted octanol–water partition coefficient (Wildman–Crippen LogP) is 3.11. The van der Waals surface area contributed by atoms with E-state index in [-0.39, 0.29) is 12.5 Å². The molecule has 0 saturated heterocycles. The zero-order chi connectivity index (χ0) is 15.2. The number of nitrogens with one attached hydrogen (secondary N) is 1. The number of carbonyl (C=O) groups is 2. The number of carboxylic acids is 1. The Bertz CT molecular complexity index is 493. The fraction of sp³-hybridized carbons (Fsp3) is 0.500. The number of amides is 2. The first-order chi connectivity index (χ1) is 10.1. The van der Waals surface area contributed by atoms with E-state index in [2.05, 4.69) is 5.32 Å². The van der Waals surface area contributed by atoms with Crippen LogP contribution in [0.2, 0.25) is 0 Å². The summed E-state index contributed by atoms with van der Waals surface area (Å²) < 4.78 is 0. The van der Waals surface area contributed by atoms with Crippen LogP contribution < -0.4 is 5.32 Å². The molecule has 1 aromatic carbocycles. The van der Waals surface area contributed by atoms with E-state index in [1.165, 1.54) is 19.3 Å². The summed E-state index contributed by atoms with van der Waals surface area (Å²) in [5.74, 6) is -0.858.